The summed E-state index contributed by atoms with van der Waals surface area (Å²) in [6.45, 7) is 2.10. The van der Waals surface area contributed by atoms with Gasteiger partial charge < -0.3 is 4.40 Å². The molecule has 0 aliphatic carbocycles. The monoisotopic (exact) mass is 261 g/mol. The number of benzene rings is 1. The summed E-state index contributed by atoms with van der Waals surface area (Å²) in [5.74, 6) is 0.943. The predicted octanol–water partition coefficient (Wildman–Crippen LogP) is 3.30. The van der Waals surface area contributed by atoms with Gasteiger partial charge in [-0.3, -0.25) is 0 Å². The molecule has 0 aliphatic heterocycles. The van der Waals surface area contributed by atoms with Crippen molar-refractivity contribution in [3.05, 3.63) is 71.3 Å². The summed E-state index contributed by atoms with van der Waals surface area (Å²) in [5.41, 5.74) is 3.96. The van der Waals surface area contributed by atoms with E-state index in [2.05, 4.69) is 42.2 Å². The Morgan fingerprint density at radius 3 is 2.85 bits per heavy atom. The van der Waals surface area contributed by atoms with Crippen LogP contribution in [0.4, 0.5) is 0 Å². The number of hydrogen-bond acceptors (Lipinski definition) is 2. The number of imidazole rings is 1. The highest BCUT2D eigenvalue weighted by molar-refractivity contribution is 5.58. The second-order valence-corrected chi connectivity index (χ2v) is 4.93. The molecule has 0 radical (unpaired) electrons. The van der Waals surface area contributed by atoms with E-state index >= 15 is 0 Å². The van der Waals surface area contributed by atoms with E-state index in [9.17, 15) is 0 Å². The Bertz CT molecular complexity index is 793. The lowest BCUT2D eigenvalue weighted by atomic mass is 10.1. The summed E-state index contributed by atoms with van der Waals surface area (Å²) in [6.07, 6.45) is 3.73. The molecule has 20 heavy (non-hydrogen) atoms. The van der Waals surface area contributed by atoms with Gasteiger partial charge >= 0.3 is 0 Å². The van der Waals surface area contributed by atoms with Crippen LogP contribution < -0.4 is 0 Å². The van der Waals surface area contributed by atoms with Crippen molar-refractivity contribution in [1.82, 2.24) is 9.38 Å². The number of pyridine rings is 1. The average molecular weight is 261 g/mol. The molecule has 3 aromatic rings. The maximum Gasteiger partial charge on any atom is 0.166 e. The molecule has 0 amide bonds. The molecule has 3 heteroatoms. The number of aromatic nitrogens is 2. The van der Waals surface area contributed by atoms with Gasteiger partial charge in [0.25, 0.3) is 0 Å². The maximum atomic E-state index is 9.14. The molecule has 0 saturated heterocycles. The Labute approximate surface area is 118 Å². The summed E-state index contributed by atoms with van der Waals surface area (Å²) >= 11 is 0. The second-order valence-electron chi connectivity index (χ2n) is 4.93. The van der Waals surface area contributed by atoms with Crippen LogP contribution in [-0.4, -0.2) is 9.38 Å². The van der Waals surface area contributed by atoms with E-state index in [1.165, 1.54) is 11.1 Å². The minimum Gasteiger partial charge on any atom is -0.302 e. The van der Waals surface area contributed by atoms with Crippen molar-refractivity contribution in [2.75, 3.05) is 0 Å². The topological polar surface area (TPSA) is 41.1 Å². The van der Waals surface area contributed by atoms with E-state index in [4.69, 9.17) is 5.26 Å². The lowest BCUT2D eigenvalue weighted by molar-refractivity contribution is 0.852. The maximum absolute atomic E-state index is 9.14. The lowest BCUT2D eigenvalue weighted by Crippen LogP contribution is -1.98. The van der Waals surface area contributed by atoms with Gasteiger partial charge in [-0.15, -0.1) is 0 Å². The highest BCUT2D eigenvalue weighted by atomic mass is 15.0. The first-order valence-electron chi connectivity index (χ1n) is 6.69. The molecular weight excluding hydrogens is 246 g/mol. The van der Waals surface area contributed by atoms with Crippen molar-refractivity contribution in [1.29, 1.82) is 5.26 Å². The van der Waals surface area contributed by atoms with Crippen molar-refractivity contribution in [3.63, 3.8) is 0 Å². The van der Waals surface area contributed by atoms with E-state index in [1.54, 1.807) is 0 Å². The number of hydrogen-bond donors (Lipinski definition) is 0. The molecule has 0 atom stereocenters. The van der Waals surface area contributed by atoms with Crippen LogP contribution in [0.1, 0.15) is 22.6 Å². The molecule has 2 heterocycles. The van der Waals surface area contributed by atoms with Gasteiger partial charge in [-0.2, -0.15) is 5.26 Å². The predicted molar refractivity (Wildman–Crippen MR) is 78.5 cm³/mol. The highest BCUT2D eigenvalue weighted by Gasteiger charge is 2.09. The van der Waals surface area contributed by atoms with E-state index in [1.807, 2.05) is 28.8 Å². The number of nitriles is 1. The van der Waals surface area contributed by atoms with Crippen LogP contribution in [0.5, 0.6) is 0 Å². The van der Waals surface area contributed by atoms with Gasteiger partial charge in [0.2, 0.25) is 0 Å². The average Bonchev–Trinajstić information content (AvgIpc) is 2.83. The van der Waals surface area contributed by atoms with Crippen LogP contribution in [-0.2, 0) is 12.8 Å². The molecular formula is C17H15N3. The zero-order valence-electron chi connectivity index (χ0n) is 11.4. The quantitative estimate of drug-likeness (QED) is 0.726. The molecule has 0 saturated carbocycles. The fraction of sp³-hybridized carbons (Fsp3) is 0.176. The standard InChI is InChI=1S/C17H15N3/c1-13-5-4-6-14(11-13)8-9-17-19-15(12-18)16-7-2-3-10-20(16)17/h2-7,10-11H,8-9H2,1H3. The van der Waals surface area contributed by atoms with Crippen molar-refractivity contribution >= 4 is 5.52 Å². The first-order chi connectivity index (χ1) is 9.78. The Kier molecular flexibility index (Phi) is 3.22. The van der Waals surface area contributed by atoms with Gasteiger partial charge in [0, 0.05) is 12.6 Å². The first kappa shape index (κ1) is 12.4. The minimum atomic E-state index is 0.504. The number of rotatable bonds is 3. The van der Waals surface area contributed by atoms with Crippen LogP contribution in [0.25, 0.3) is 5.52 Å². The Balaban J connectivity index is 1.90. The van der Waals surface area contributed by atoms with Crippen molar-refractivity contribution in [2.45, 2.75) is 19.8 Å². The van der Waals surface area contributed by atoms with Crippen LogP contribution in [0.3, 0.4) is 0 Å². The number of nitrogens with zero attached hydrogens (tertiary/aromatic N) is 3. The largest absolute Gasteiger partial charge is 0.302 e. The van der Waals surface area contributed by atoms with E-state index < -0.39 is 0 Å². The molecule has 3 nitrogen and oxygen atoms in total. The Morgan fingerprint density at radius 1 is 1.15 bits per heavy atom. The third-order valence-electron chi connectivity index (χ3n) is 3.45. The summed E-state index contributed by atoms with van der Waals surface area (Å²) in [7, 11) is 0. The summed E-state index contributed by atoms with van der Waals surface area (Å²) in [5, 5.41) is 9.14. The molecule has 0 unspecified atom stereocenters. The molecule has 0 N–H and O–H groups in total. The molecule has 3 rings (SSSR count). The zero-order valence-corrected chi connectivity index (χ0v) is 11.4. The first-order valence-corrected chi connectivity index (χ1v) is 6.69. The zero-order chi connectivity index (χ0) is 13.9. The summed E-state index contributed by atoms with van der Waals surface area (Å²) < 4.78 is 2.01. The van der Waals surface area contributed by atoms with E-state index in [0.29, 0.717) is 5.69 Å². The molecule has 0 aliphatic rings. The molecule has 0 fully saturated rings. The Morgan fingerprint density at radius 2 is 2.05 bits per heavy atom. The SMILES string of the molecule is Cc1cccc(CCc2nc(C#N)c3ccccn23)c1. The van der Waals surface area contributed by atoms with Gasteiger partial charge in [0.1, 0.15) is 11.9 Å². The van der Waals surface area contributed by atoms with Crippen LogP contribution >= 0.6 is 0 Å². The normalized spacial score (nSPS) is 10.6. The van der Waals surface area contributed by atoms with Crippen LogP contribution in [0.15, 0.2) is 48.7 Å². The molecule has 1 aromatic carbocycles. The third-order valence-corrected chi connectivity index (χ3v) is 3.45. The van der Waals surface area contributed by atoms with Crippen molar-refractivity contribution in [2.24, 2.45) is 0 Å². The minimum absolute atomic E-state index is 0.504. The number of fused-ring (bicyclic) bond motifs is 1. The second kappa shape index (κ2) is 5.18. The highest BCUT2D eigenvalue weighted by Crippen LogP contribution is 2.14. The van der Waals surface area contributed by atoms with Crippen LogP contribution in [0, 0.1) is 18.3 Å². The molecule has 98 valence electrons. The number of aryl methyl sites for hydroxylation is 3. The van der Waals surface area contributed by atoms with Gasteiger partial charge in [0.05, 0.1) is 5.52 Å². The Hall–Kier alpha value is -2.60. The van der Waals surface area contributed by atoms with Crippen LogP contribution in [0.2, 0.25) is 0 Å². The van der Waals surface area contributed by atoms with Crippen molar-refractivity contribution in [3.8, 4) is 6.07 Å². The summed E-state index contributed by atoms with van der Waals surface area (Å²) in [6, 6.07) is 16.5. The van der Waals surface area contributed by atoms with E-state index in [0.717, 1.165) is 24.2 Å². The van der Waals surface area contributed by atoms with Crippen molar-refractivity contribution < 1.29 is 0 Å². The van der Waals surface area contributed by atoms with Gasteiger partial charge in [-0.25, -0.2) is 4.98 Å². The van der Waals surface area contributed by atoms with Gasteiger partial charge in [-0.1, -0.05) is 35.9 Å². The van der Waals surface area contributed by atoms with Gasteiger partial charge in [-0.05, 0) is 31.0 Å². The molecule has 0 bridgehead atoms. The summed E-state index contributed by atoms with van der Waals surface area (Å²) in [4.78, 5) is 4.45. The fourth-order valence-corrected chi connectivity index (χ4v) is 2.48. The third kappa shape index (κ3) is 2.28. The van der Waals surface area contributed by atoms with Gasteiger partial charge in [0.15, 0.2) is 5.69 Å². The molecule has 2 aromatic heterocycles. The fourth-order valence-electron chi connectivity index (χ4n) is 2.48. The van der Waals surface area contributed by atoms with E-state index in [-0.39, 0.29) is 0 Å². The molecule has 0 spiro atoms. The lowest BCUT2D eigenvalue weighted by Gasteiger charge is -2.03. The smallest absolute Gasteiger partial charge is 0.166 e.